The van der Waals surface area contributed by atoms with Gasteiger partial charge < -0.3 is 15.1 Å². The van der Waals surface area contributed by atoms with Gasteiger partial charge in [0.15, 0.2) is 5.96 Å². The Morgan fingerprint density at radius 1 is 1.16 bits per heavy atom. The summed E-state index contributed by atoms with van der Waals surface area (Å²) in [6, 6.07) is 0. The van der Waals surface area contributed by atoms with Crippen molar-refractivity contribution < 1.29 is 0 Å². The standard InChI is InChI=1S/C14H30N4.HI/c1-4-10-17(6-3)13-9-16-14(15-5-2)18-11-7-8-12-18;/h4-13H2,1-3H3,(H,15,16);1H. The van der Waals surface area contributed by atoms with Crippen molar-refractivity contribution in [2.24, 2.45) is 4.99 Å². The number of likely N-dealkylation sites (tertiary alicyclic amines) is 1. The van der Waals surface area contributed by atoms with E-state index in [1.807, 2.05) is 0 Å². The fourth-order valence-electron chi connectivity index (χ4n) is 2.40. The van der Waals surface area contributed by atoms with Crippen molar-refractivity contribution in [1.29, 1.82) is 0 Å². The smallest absolute Gasteiger partial charge is 0.193 e. The van der Waals surface area contributed by atoms with E-state index in [-0.39, 0.29) is 24.0 Å². The van der Waals surface area contributed by atoms with Gasteiger partial charge in [0.2, 0.25) is 0 Å². The summed E-state index contributed by atoms with van der Waals surface area (Å²) < 4.78 is 0. The molecule has 19 heavy (non-hydrogen) atoms. The van der Waals surface area contributed by atoms with Crippen molar-refractivity contribution in [3.05, 3.63) is 0 Å². The molecule has 0 saturated carbocycles. The van der Waals surface area contributed by atoms with Crippen LogP contribution in [0.5, 0.6) is 0 Å². The summed E-state index contributed by atoms with van der Waals surface area (Å²) in [5, 5.41) is 3.41. The van der Waals surface area contributed by atoms with E-state index in [2.05, 4.69) is 35.9 Å². The van der Waals surface area contributed by atoms with Gasteiger partial charge in [-0.2, -0.15) is 0 Å². The van der Waals surface area contributed by atoms with Gasteiger partial charge in [0.1, 0.15) is 0 Å². The lowest BCUT2D eigenvalue weighted by Crippen LogP contribution is -2.40. The third kappa shape index (κ3) is 7.34. The molecule has 1 heterocycles. The zero-order chi connectivity index (χ0) is 13.2. The summed E-state index contributed by atoms with van der Waals surface area (Å²) in [4.78, 5) is 9.61. The molecule has 5 heteroatoms. The first-order chi connectivity index (χ1) is 8.81. The molecule has 0 aromatic carbocycles. The van der Waals surface area contributed by atoms with Gasteiger partial charge in [-0.1, -0.05) is 13.8 Å². The first-order valence-electron chi connectivity index (χ1n) is 7.57. The molecular formula is C14H31IN4. The van der Waals surface area contributed by atoms with Gasteiger partial charge in [-0.05, 0) is 39.3 Å². The van der Waals surface area contributed by atoms with Gasteiger partial charge >= 0.3 is 0 Å². The summed E-state index contributed by atoms with van der Waals surface area (Å²) in [7, 11) is 0. The van der Waals surface area contributed by atoms with Gasteiger partial charge in [0.25, 0.3) is 0 Å². The molecule has 1 N–H and O–H groups in total. The average molecular weight is 382 g/mol. The highest BCUT2D eigenvalue weighted by molar-refractivity contribution is 14.0. The van der Waals surface area contributed by atoms with E-state index in [0.717, 1.165) is 45.2 Å². The van der Waals surface area contributed by atoms with E-state index in [1.54, 1.807) is 0 Å². The number of guanidine groups is 1. The fourth-order valence-corrected chi connectivity index (χ4v) is 2.40. The van der Waals surface area contributed by atoms with Crippen molar-refractivity contribution in [2.45, 2.75) is 40.0 Å². The minimum Gasteiger partial charge on any atom is -0.357 e. The summed E-state index contributed by atoms with van der Waals surface area (Å²) >= 11 is 0. The number of nitrogens with one attached hydrogen (secondary N) is 1. The minimum atomic E-state index is 0. The highest BCUT2D eigenvalue weighted by atomic mass is 127. The van der Waals surface area contributed by atoms with Gasteiger partial charge in [-0.25, -0.2) is 0 Å². The molecule has 114 valence electrons. The van der Waals surface area contributed by atoms with Crippen LogP contribution in [0.4, 0.5) is 0 Å². The quantitative estimate of drug-likeness (QED) is 0.417. The maximum atomic E-state index is 4.76. The fraction of sp³-hybridized carbons (Fsp3) is 0.929. The van der Waals surface area contributed by atoms with E-state index in [0.29, 0.717) is 0 Å². The molecule has 1 aliphatic heterocycles. The zero-order valence-corrected chi connectivity index (χ0v) is 15.2. The molecule has 1 rings (SSSR count). The molecule has 0 unspecified atom stereocenters. The summed E-state index contributed by atoms with van der Waals surface area (Å²) in [6.07, 6.45) is 3.84. The Hall–Kier alpha value is -0.0400. The summed E-state index contributed by atoms with van der Waals surface area (Å²) in [5.74, 6) is 1.11. The van der Waals surface area contributed by atoms with Crippen LogP contribution in [-0.2, 0) is 0 Å². The SMILES string of the molecule is CCCN(CC)CCN=C(NCC)N1CCCC1.I. The first kappa shape index (κ1) is 19.0. The Labute approximate surface area is 136 Å². The van der Waals surface area contributed by atoms with Crippen molar-refractivity contribution in [3.8, 4) is 0 Å². The lowest BCUT2D eigenvalue weighted by atomic mass is 10.4. The van der Waals surface area contributed by atoms with Crippen LogP contribution >= 0.6 is 24.0 Å². The second kappa shape index (κ2) is 11.8. The average Bonchev–Trinajstić information content (AvgIpc) is 2.90. The van der Waals surface area contributed by atoms with Crippen molar-refractivity contribution in [2.75, 3.05) is 45.8 Å². The Kier molecular flexibility index (Phi) is 11.7. The Balaban J connectivity index is 0.00000324. The molecule has 0 amide bonds. The molecule has 1 fully saturated rings. The largest absolute Gasteiger partial charge is 0.357 e. The van der Waals surface area contributed by atoms with Crippen molar-refractivity contribution in [3.63, 3.8) is 0 Å². The molecule has 1 saturated heterocycles. The van der Waals surface area contributed by atoms with Crippen LogP contribution in [0.15, 0.2) is 4.99 Å². The monoisotopic (exact) mass is 382 g/mol. The van der Waals surface area contributed by atoms with Crippen molar-refractivity contribution >= 4 is 29.9 Å². The molecular weight excluding hydrogens is 351 g/mol. The third-order valence-electron chi connectivity index (χ3n) is 3.41. The maximum Gasteiger partial charge on any atom is 0.193 e. The van der Waals surface area contributed by atoms with Crippen LogP contribution in [0.25, 0.3) is 0 Å². The zero-order valence-electron chi connectivity index (χ0n) is 12.8. The molecule has 0 spiro atoms. The molecule has 0 aliphatic carbocycles. The van der Waals surface area contributed by atoms with E-state index in [9.17, 15) is 0 Å². The first-order valence-corrected chi connectivity index (χ1v) is 7.57. The van der Waals surface area contributed by atoms with E-state index in [4.69, 9.17) is 4.99 Å². The van der Waals surface area contributed by atoms with Gasteiger partial charge in [-0.3, -0.25) is 4.99 Å². The maximum absolute atomic E-state index is 4.76. The predicted octanol–water partition coefficient (Wildman–Crippen LogP) is 2.40. The second-order valence-corrected chi connectivity index (χ2v) is 4.86. The van der Waals surface area contributed by atoms with Gasteiger partial charge in [0.05, 0.1) is 6.54 Å². The van der Waals surface area contributed by atoms with Crippen LogP contribution in [0.2, 0.25) is 0 Å². The Morgan fingerprint density at radius 2 is 1.84 bits per heavy atom. The van der Waals surface area contributed by atoms with E-state index in [1.165, 1.54) is 25.8 Å². The lowest BCUT2D eigenvalue weighted by molar-refractivity contribution is 0.296. The number of hydrogen-bond acceptors (Lipinski definition) is 2. The minimum absolute atomic E-state index is 0. The van der Waals surface area contributed by atoms with Crippen LogP contribution in [0.1, 0.15) is 40.0 Å². The molecule has 0 aromatic heterocycles. The Morgan fingerprint density at radius 3 is 2.37 bits per heavy atom. The van der Waals surface area contributed by atoms with Crippen LogP contribution < -0.4 is 5.32 Å². The molecule has 0 bridgehead atoms. The molecule has 1 aliphatic rings. The van der Waals surface area contributed by atoms with E-state index >= 15 is 0 Å². The highest BCUT2D eigenvalue weighted by Crippen LogP contribution is 2.07. The van der Waals surface area contributed by atoms with Crippen LogP contribution in [0.3, 0.4) is 0 Å². The van der Waals surface area contributed by atoms with Gasteiger partial charge in [0, 0.05) is 26.2 Å². The molecule has 4 nitrogen and oxygen atoms in total. The van der Waals surface area contributed by atoms with Crippen LogP contribution in [-0.4, -0.2) is 61.6 Å². The van der Waals surface area contributed by atoms with Crippen LogP contribution in [0, 0.1) is 0 Å². The topological polar surface area (TPSA) is 30.9 Å². The van der Waals surface area contributed by atoms with Crippen molar-refractivity contribution in [1.82, 2.24) is 15.1 Å². The van der Waals surface area contributed by atoms with Gasteiger partial charge in [-0.15, -0.1) is 24.0 Å². The lowest BCUT2D eigenvalue weighted by Gasteiger charge is -2.22. The Bertz CT molecular complexity index is 240. The number of aliphatic imine (C=N–C) groups is 1. The molecule has 0 atom stereocenters. The second-order valence-electron chi connectivity index (χ2n) is 4.86. The highest BCUT2D eigenvalue weighted by Gasteiger charge is 2.15. The summed E-state index contributed by atoms with van der Waals surface area (Å²) in [5.41, 5.74) is 0. The number of likely N-dealkylation sites (N-methyl/N-ethyl adjacent to an activating group) is 1. The number of nitrogens with zero attached hydrogens (tertiary/aromatic N) is 3. The molecule has 0 radical (unpaired) electrons. The summed E-state index contributed by atoms with van der Waals surface area (Å²) in [6.45, 7) is 14.2. The van der Waals surface area contributed by atoms with E-state index < -0.39 is 0 Å². The normalized spacial score (nSPS) is 15.8. The third-order valence-corrected chi connectivity index (χ3v) is 3.41. The molecule has 0 aromatic rings. The number of rotatable bonds is 7. The predicted molar refractivity (Wildman–Crippen MR) is 94.6 cm³/mol. The number of hydrogen-bond donors (Lipinski definition) is 1. The number of halogens is 1.